The highest BCUT2D eigenvalue weighted by molar-refractivity contribution is 5.24. The van der Waals surface area contributed by atoms with Crippen LogP contribution in [0.25, 0.3) is 5.73 Å². The molecule has 1 nitrogen and oxygen atoms in total. The Labute approximate surface area is 49.9 Å². The highest BCUT2D eigenvalue weighted by Crippen LogP contribution is 2.08. The van der Waals surface area contributed by atoms with E-state index in [1.165, 1.54) is 0 Å². The van der Waals surface area contributed by atoms with Gasteiger partial charge >= 0.3 is 0 Å². The van der Waals surface area contributed by atoms with E-state index in [1.54, 1.807) is 0 Å². The first-order valence-electron chi connectivity index (χ1n) is 2.93. The van der Waals surface area contributed by atoms with Crippen molar-refractivity contribution in [1.82, 2.24) is 0 Å². The second kappa shape index (κ2) is 2.68. The molecule has 0 aromatic carbocycles. The summed E-state index contributed by atoms with van der Waals surface area (Å²) in [6, 6.07) is 0. The van der Waals surface area contributed by atoms with Crippen LogP contribution in [0.3, 0.4) is 0 Å². The van der Waals surface area contributed by atoms with Crippen LogP contribution in [0, 0.1) is 0 Å². The average Bonchev–Trinajstić information content (AvgIpc) is 1.90. The minimum absolute atomic E-state index is 0.441. The van der Waals surface area contributed by atoms with E-state index in [0.29, 0.717) is 6.54 Å². The third-order valence-corrected chi connectivity index (χ3v) is 1.28. The van der Waals surface area contributed by atoms with E-state index in [2.05, 4.69) is 12.2 Å². The van der Waals surface area contributed by atoms with E-state index in [1.807, 2.05) is 6.08 Å². The molecule has 0 radical (unpaired) electrons. The summed E-state index contributed by atoms with van der Waals surface area (Å²) < 4.78 is 0. The third kappa shape index (κ3) is 1.20. The van der Waals surface area contributed by atoms with Crippen molar-refractivity contribution >= 4 is 0 Å². The molecule has 0 fully saturated rings. The molecular formula is C7H10N-. The topological polar surface area (TPSA) is 23.8 Å². The van der Waals surface area contributed by atoms with Crippen LogP contribution < -0.4 is 0 Å². The van der Waals surface area contributed by atoms with E-state index in [9.17, 15) is 0 Å². The summed E-state index contributed by atoms with van der Waals surface area (Å²) in [6.45, 7) is 0.441. The van der Waals surface area contributed by atoms with Crippen LogP contribution in [0.2, 0.25) is 0 Å². The fourth-order valence-corrected chi connectivity index (χ4v) is 0.799. The van der Waals surface area contributed by atoms with Crippen molar-refractivity contribution < 1.29 is 0 Å². The molecule has 0 unspecified atom stereocenters. The van der Waals surface area contributed by atoms with Gasteiger partial charge in [-0.1, -0.05) is 23.8 Å². The molecule has 8 heavy (non-hydrogen) atoms. The monoisotopic (exact) mass is 108 g/mol. The molecule has 0 spiro atoms. The Morgan fingerprint density at radius 1 is 1.50 bits per heavy atom. The Balaban J connectivity index is 2.51. The zero-order valence-electron chi connectivity index (χ0n) is 4.85. The molecular weight excluding hydrogens is 98.1 g/mol. The van der Waals surface area contributed by atoms with Crippen molar-refractivity contribution in [2.45, 2.75) is 12.8 Å². The second-order valence-corrected chi connectivity index (χ2v) is 1.94. The molecule has 0 aromatic heterocycles. The molecule has 0 heterocycles. The summed E-state index contributed by atoms with van der Waals surface area (Å²) in [4.78, 5) is 0. The maximum absolute atomic E-state index is 6.98. The molecule has 0 amide bonds. The molecule has 1 rings (SSSR count). The van der Waals surface area contributed by atoms with Crippen molar-refractivity contribution in [2.75, 3.05) is 6.54 Å². The number of rotatable bonds is 1. The van der Waals surface area contributed by atoms with E-state index in [4.69, 9.17) is 5.73 Å². The highest BCUT2D eigenvalue weighted by atomic mass is 14.5. The molecule has 0 saturated carbocycles. The first-order chi connectivity index (χ1) is 3.93. The van der Waals surface area contributed by atoms with Gasteiger partial charge in [0.2, 0.25) is 0 Å². The van der Waals surface area contributed by atoms with Crippen LogP contribution in [0.4, 0.5) is 0 Å². The van der Waals surface area contributed by atoms with Crippen molar-refractivity contribution in [3.05, 3.63) is 29.5 Å². The lowest BCUT2D eigenvalue weighted by Gasteiger charge is -2.06. The van der Waals surface area contributed by atoms with E-state index >= 15 is 0 Å². The number of hydrogen-bond acceptors (Lipinski definition) is 0. The zero-order chi connectivity index (χ0) is 5.82. The van der Waals surface area contributed by atoms with Crippen LogP contribution in [-0.2, 0) is 0 Å². The van der Waals surface area contributed by atoms with Gasteiger partial charge in [0.15, 0.2) is 0 Å². The maximum Gasteiger partial charge on any atom is -0.0311 e. The van der Waals surface area contributed by atoms with Gasteiger partial charge in [0, 0.05) is 0 Å². The maximum atomic E-state index is 6.98. The van der Waals surface area contributed by atoms with Gasteiger partial charge in [-0.25, -0.2) is 0 Å². The van der Waals surface area contributed by atoms with Crippen LogP contribution >= 0.6 is 0 Å². The molecule has 44 valence electrons. The van der Waals surface area contributed by atoms with E-state index < -0.39 is 0 Å². The molecule has 1 aliphatic carbocycles. The predicted octanol–water partition coefficient (Wildman–Crippen LogP) is 2.32. The van der Waals surface area contributed by atoms with Gasteiger partial charge in [-0.15, -0.1) is 6.54 Å². The van der Waals surface area contributed by atoms with Gasteiger partial charge in [0.05, 0.1) is 0 Å². The van der Waals surface area contributed by atoms with Crippen LogP contribution in [0.1, 0.15) is 12.8 Å². The second-order valence-electron chi connectivity index (χ2n) is 1.94. The Morgan fingerprint density at radius 2 is 2.38 bits per heavy atom. The average molecular weight is 108 g/mol. The van der Waals surface area contributed by atoms with E-state index in [-0.39, 0.29) is 0 Å². The van der Waals surface area contributed by atoms with Crippen LogP contribution in [-0.4, -0.2) is 6.54 Å². The minimum atomic E-state index is 0.441. The zero-order valence-corrected chi connectivity index (χ0v) is 4.85. The fourth-order valence-electron chi connectivity index (χ4n) is 0.799. The van der Waals surface area contributed by atoms with Gasteiger partial charge in [0.1, 0.15) is 0 Å². The Hall–Kier alpha value is -0.560. The fraction of sp³-hybridized carbons (Fsp3) is 0.429. The van der Waals surface area contributed by atoms with Crippen molar-refractivity contribution in [1.29, 1.82) is 0 Å². The third-order valence-electron chi connectivity index (χ3n) is 1.28. The number of allylic oxidation sites excluding steroid dienone is 2. The first kappa shape index (κ1) is 5.57. The summed E-state index contributed by atoms with van der Waals surface area (Å²) in [5.41, 5.74) is 8.14. The lowest BCUT2D eigenvalue weighted by atomic mass is 10.1. The number of nitrogens with one attached hydrogen (secondary N) is 1. The lowest BCUT2D eigenvalue weighted by Crippen LogP contribution is -1.85. The summed E-state index contributed by atoms with van der Waals surface area (Å²) in [7, 11) is 0. The SMILES string of the molecule is [NH-]CC1=CCCC=C1. The summed E-state index contributed by atoms with van der Waals surface area (Å²) in [5.74, 6) is 0. The molecule has 0 aromatic rings. The van der Waals surface area contributed by atoms with Crippen molar-refractivity contribution in [3.63, 3.8) is 0 Å². The molecule has 1 heteroatoms. The van der Waals surface area contributed by atoms with Crippen LogP contribution in [0.15, 0.2) is 23.8 Å². The van der Waals surface area contributed by atoms with Crippen molar-refractivity contribution in [2.24, 2.45) is 0 Å². The van der Waals surface area contributed by atoms with Gasteiger partial charge in [0.25, 0.3) is 0 Å². The quantitative estimate of drug-likeness (QED) is 0.492. The normalized spacial score (nSPS) is 18.4. The molecule has 0 saturated heterocycles. The Bertz CT molecular complexity index is 122. The predicted molar refractivity (Wildman–Crippen MR) is 35.6 cm³/mol. The number of hydrogen-bond donors (Lipinski definition) is 0. The Morgan fingerprint density at radius 3 is 2.75 bits per heavy atom. The van der Waals surface area contributed by atoms with Crippen molar-refractivity contribution in [3.8, 4) is 0 Å². The van der Waals surface area contributed by atoms with E-state index in [0.717, 1.165) is 18.4 Å². The summed E-state index contributed by atoms with van der Waals surface area (Å²) >= 11 is 0. The van der Waals surface area contributed by atoms with Crippen LogP contribution in [0.5, 0.6) is 0 Å². The smallest absolute Gasteiger partial charge is 0.0311 e. The Kier molecular flexibility index (Phi) is 1.86. The summed E-state index contributed by atoms with van der Waals surface area (Å²) in [5, 5.41) is 0. The summed E-state index contributed by atoms with van der Waals surface area (Å²) in [6.07, 6.45) is 8.58. The first-order valence-corrected chi connectivity index (χ1v) is 2.93. The largest absolute Gasteiger partial charge is 0.674 e. The highest BCUT2D eigenvalue weighted by Gasteiger charge is 1.88. The standard InChI is InChI=1S/C7H10N/c8-6-7-4-2-1-3-5-7/h2,4-5,8H,1,3,6H2/q-1. The lowest BCUT2D eigenvalue weighted by molar-refractivity contribution is 1.01. The molecule has 0 aliphatic heterocycles. The van der Waals surface area contributed by atoms with Gasteiger partial charge in [-0.2, -0.15) is 0 Å². The molecule has 1 aliphatic rings. The van der Waals surface area contributed by atoms with Gasteiger partial charge in [-0.05, 0) is 12.8 Å². The van der Waals surface area contributed by atoms with Gasteiger partial charge in [-0.3, -0.25) is 0 Å². The molecule has 0 atom stereocenters. The van der Waals surface area contributed by atoms with Gasteiger partial charge < -0.3 is 5.73 Å². The minimum Gasteiger partial charge on any atom is -0.674 e. The molecule has 0 bridgehead atoms. The molecule has 1 N–H and O–H groups in total.